The minimum absolute atomic E-state index is 0.0613. The Bertz CT molecular complexity index is 1360. The van der Waals surface area contributed by atoms with Crippen molar-refractivity contribution in [1.29, 1.82) is 0 Å². The van der Waals surface area contributed by atoms with Crippen molar-refractivity contribution in [1.82, 2.24) is 20.1 Å². The van der Waals surface area contributed by atoms with E-state index in [4.69, 9.17) is 23.2 Å². The van der Waals surface area contributed by atoms with Gasteiger partial charge in [0.15, 0.2) is 0 Å². The maximum atomic E-state index is 14.7. The van der Waals surface area contributed by atoms with Gasteiger partial charge in [-0.2, -0.15) is 18.3 Å². The largest absolute Gasteiger partial charge is 0.416 e. The van der Waals surface area contributed by atoms with Crippen LogP contribution >= 0.6 is 23.2 Å². The van der Waals surface area contributed by atoms with Crippen LogP contribution in [-0.4, -0.2) is 14.8 Å². The fourth-order valence-electron chi connectivity index (χ4n) is 4.24. The van der Waals surface area contributed by atoms with Crippen LogP contribution < -0.4 is 5.32 Å². The first-order valence-corrected chi connectivity index (χ1v) is 11.7. The van der Waals surface area contributed by atoms with Crippen molar-refractivity contribution >= 4 is 23.2 Å². The standard InChI is InChI=1S/C26H22Cl2F4N4/c1-16-22(24(28)36(2)35-16)15-34-25(13-17-6-4-3-5-7-17,23-9-8-20(27)14-33-23)18-10-19(26(30,31)32)12-21(29)11-18/h3-12,14,34H,13,15H2,1-2H3. The predicted octanol–water partition coefficient (Wildman–Crippen LogP) is 6.86. The van der Waals surface area contributed by atoms with Gasteiger partial charge in [0, 0.05) is 31.8 Å². The summed E-state index contributed by atoms with van der Waals surface area (Å²) < 4.78 is 57.4. The van der Waals surface area contributed by atoms with Crippen molar-refractivity contribution in [2.45, 2.75) is 31.6 Å². The number of halogens is 6. The zero-order chi connectivity index (χ0) is 26.1. The Morgan fingerprint density at radius 2 is 1.67 bits per heavy atom. The number of benzene rings is 2. The van der Waals surface area contributed by atoms with Gasteiger partial charge in [-0.15, -0.1) is 0 Å². The molecule has 4 nitrogen and oxygen atoms in total. The number of nitrogens with one attached hydrogen (secondary N) is 1. The number of rotatable bonds is 7. The molecule has 0 saturated heterocycles. The van der Waals surface area contributed by atoms with Crippen molar-refractivity contribution in [3.63, 3.8) is 0 Å². The van der Waals surface area contributed by atoms with Gasteiger partial charge in [0.1, 0.15) is 11.0 Å². The molecule has 36 heavy (non-hydrogen) atoms. The van der Waals surface area contributed by atoms with Crippen molar-refractivity contribution < 1.29 is 17.6 Å². The van der Waals surface area contributed by atoms with Crippen LogP contribution in [0.1, 0.15) is 33.6 Å². The molecule has 4 rings (SSSR count). The summed E-state index contributed by atoms with van der Waals surface area (Å²) in [4.78, 5) is 4.46. The molecule has 1 N–H and O–H groups in total. The third kappa shape index (κ3) is 5.40. The monoisotopic (exact) mass is 536 g/mol. The van der Waals surface area contributed by atoms with E-state index < -0.39 is 23.1 Å². The summed E-state index contributed by atoms with van der Waals surface area (Å²) in [6.45, 7) is 1.92. The molecule has 0 saturated carbocycles. The lowest BCUT2D eigenvalue weighted by atomic mass is 9.79. The molecule has 0 radical (unpaired) electrons. The second-order valence-corrected chi connectivity index (χ2v) is 9.28. The summed E-state index contributed by atoms with van der Waals surface area (Å²) in [6, 6.07) is 14.9. The van der Waals surface area contributed by atoms with E-state index in [1.807, 2.05) is 30.3 Å². The van der Waals surface area contributed by atoms with E-state index in [1.54, 1.807) is 26.1 Å². The first-order chi connectivity index (χ1) is 17.0. The van der Waals surface area contributed by atoms with Gasteiger partial charge in [-0.3, -0.25) is 15.0 Å². The maximum Gasteiger partial charge on any atom is 0.416 e. The molecule has 1 atom stereocenters. The summed E-state index contributed by atoms with van der Waals surface area (Å²) in [5, 5.41) is 8.43. The third-order valence-electron chi connectivity index (χ3n) is 6.03. The number of aryl methyl sites for hydroxylation is 2. The number of hydrogen-bond donors (Lipinski definition) is 1. The summed E-state index contributed by atoms with van der Waals surface area (Å²) in [7, 11) is 1.69. The molecule has 2 heterocycles. The Hall–Kier alpha value is -2.94. The molecule has 0 aliphatic rings. The molecule has 1 unspecified atom stereocenters. The smallest absolute Gasteiger partial charge is 0.298 e. The van der Waals surface area contributed by atoms with Crippen molar-refractivity contribution in [3.8, 4) is 0 Å². The zero-order valence-electron chi connectivity index (χ0n) is 19.4. The molecule has 0 spiro atoms. The molecule has 0 aliphatic carbocycles. The molecule has 4 aromatic rings. The third-order valence-corrected chi connectivity index (χ3v) is 6.73. The summed E-state index contributed by atoms with van der Waals surface area (Å²) in [6.07, 6.45) is -3.17. The fourth-order valence-corrected chi connectivity index (χ4v) is 4.59. The minimum Gasteiger partial charge on any atom is -0.298 e. The van der Waals surface area contributed by atoms with E-state index >= 15 is 0 Å². The first kappa shape index (κ1) is 26.1. The molecule has 2 aromatic heterocycles. The van der Waals surface area contributed by atoms with Gasteiger partial charge >= 0.3 is 6.18 Å². The van der Waals surface area contributed by atoms with Crippen LogP contribution in [0.25, 0.3) is 0 Å². The van der Waals surface area contributed by atoms with Gasteiger partial charge in [-0.25, -0.2) is 4.39 Å². The van der Waals surface area contributed by atoms with Crippen molar-refractivity contribution in [3.05, 3.63) is 116 Å². The van der Waals surface area contributed by atoms with Gasteiger partial charge in [-0.05, 0) is 48.4 Å². The molecule has 0 fully saturated rings. The topological polar surface area (TPSA) is 42.7 Å². The molecular formula is C26H22Cl2F4N4. The highest BCUT2D eigenvalue weighted by molar-refractivity contribution is 6.30. The zero-order valence-corrected chi connectivity index (χ0v) is 20.9. The highest BCUT2D eigenvalue weighted by Gasteiger charge is 2.39. The molecule has 188 valence electrons. The fraction of sp³-hybridized carbons (Fsp3) is 0.231. The molecule has 0 amide bonds. The lowest BCUT2D eigenvalue weighted by Crippen LogP contribution is -2.46. The van der Waals surface area contributed by atoms with Crippen LogP contribution in [-0.2, 0) is 31.7 Å². The number of nitrogens with zero attached hydrogens (tertiary/aromatic N) is 3. The lowest BCUT2D eigenvalue weighted by molar-refractivity contribution is -0.137. The minimum atomic E-state index is -4.74. The van der Waals surface area contributed by atoms with Crippen LogP contribution in [0.5, 0.6) is 0 Å². The molecule has 10 heteroatoms. The number of alkyl halides is 3. The Morgan fingerprint density at radius 3 is 2.25 bits per heavy atom. The van der Waals surface area contributed by atoms with Crippen molar-refractivity contribution in [2.75, 3.05) is 0 Å². The van der Waals surface area contributed by atoms with Crippen LogP contribution in [0.2, 0.25) is 10.2 Å². The van der Waals surface area contributed by atoms with Gasteiger partial charge in [0.2, 0.25) is 0 Å². The molecule has 2 aromatic carbocycles. The SMILES string of the molecule is Cc1nn(C)c(Cl)c1CNC(Cc1ccccc1)(c1cc(F)cc(C(F)(F)F)c1)c1ccc(Cl)cn1. The quantitative estimate of drug-likeness (QED) is 0.262. The molecule has 0 bridgehead atoms. The Kier molecular flexibility index (Phi) is 7.41. The average Bonchev–Trinajstić information content (AvgIpc) is 3.07. The predicted molar refractivity (Wildman–Crippen MR) is 131 cm³/mol. The van der Waals surface area contributed by atoms with Crippen LogP contribution in [0, 0.1) is 12.7 Å². The van der Waals surface area contributed by atoms with E-state index in [-0.39, 0.29) is 18.5 Å². The second kappa shape index (κ2) is 10.2. The van der Waals surface area contributed by atoms with Gasteiger partial charge in [0.25, 0.3) is 0 Å². The summed E-state index contributed by atoms with van der Waals surface area (Å²) in [5.41, 5.74) is 0.0775. The first-order valence-electron chi connectivity index (χ1n) is 11.0. The highest BCUT2D eigenvalue weighted by atomic mass is 35.5. The Morgan fingerprint density at radius 1 is 0.972 bits per heavy atom. The van der Waals surface area contributed by atoms with Crippen LogP contribution in [0.15, 0.2) is 66.9 Å². The van der Waals surface area contributed by atoms with Gasteiger partial charge < -0.3 is 0 Å². The Balaban J connectivity index is 1.95. The van der Waals surface area contributed by atoms with Crippen LogP contribution in [0.4, 0.5) is 17.6 Å². The van der Waals surface area contributed by atoms with E-state index in [2.05, 4.69) is 15.4 Å². The molecular weight excluding hydrogens is 515 g/mol. The van der Waals surface area contributed by atoms with E-state index in [0.29, 0.717) is 33.2 Å². The van der Waals surface area contributed by atoms with E-state index in [1.165, 1.54) is 10.9 Å². The second-order valence-electron chi connectivity index (χ2n) is 8.49. The van der Waals surface area contributed by atoms with Gasteiger partial charge in [0.05, 0.1) is 27.5 Å². The van der Waals surface area contributed by atoms with Crippen LogP contribution in [0.3, 0.4) is 0 Å². The molecule has 0 aliphatic heterocycles. The van der Waals surface area contributed by atoms with E-state index in [0.717, 1.165) is 17.7 Å². The normalized spacial score (nSPS) is 13.6. The highest BCUT2D eigenvalue weighted by Crippen LogP contribution is 2.38. The average molecular weight is 537 g/mol. The van der Waals surface area contributed by atoms with E-state index in [9.17, 15) is 17.6 Å². The number of aromatic nitrogens is 3. The Labute approximate surface area is 215 Å². The number of pyridine rings is 1. The summed E-state index contributed by atoms with van der Waals surface area (Å²) in [5.74, 6) is -1.01. The maximum absolute atomic E-state index is 14.7. The van der Waals surface area contributed by atoms with Crippen molar-refractivity contribution in [2.24, 2.45) is 7.05 Å². The van der Waals surface area contributed by atoms with Gasteiger partial charge in [-0.1, -0.05) is 53.5 Å². The lowest BCUT2D eigenvalue weighted by Gasteiger charge is -2.36. The summed E-state index contributed by atoms with van der Waals surface area (Å²) >= 11 is 12.5. The number of hydrogen-bond acceptors (Lipinski definition) is 3.